The Morgan fingerprint density at radius 3 is 3.00 bits per heavy atom. The summed E-state index contributed by atoms with van der Waals surface area (Å²) in [6, 6.07) is 2.39. The topological polar surface area (TPSA) is 61.2 Å². The molecule has 0 atom stereocenters. The van der Waals surface area contributed by atoms with Crippen molar-refractivity contribution in [2.24, 2.45) is 0 Å². The monoisotopic (exact) mass is 206 g/mol. The van der Waals surface area contributed by atoms with Crippen LogP contribution < -0.4 is 11.5 Å². The van der Waals surface area contributed by atoms with E-state index in [0.29, 0.717) is 5.52 Å². The van der Waals surface area contributed by atoms with Gasteiger partial charge in [0.2, 0.25) is 0 Å². The van der Waals surface area contributed by atoms with Crippen molar-refractivity contribution in [2.75, 3.05) is 5.73 Å². The summed E-state index contributed by atoms with van der Waals surface area (Å²) in [6.45, 7) is 0.0664. The van der Waals surface area contributed by atoms with E-state index in [2.05, 4.69) is 5.92 Å². The van der Waals surface area contributed by atoms with E-state index in [1.54, 1.807) is 0 Å². The third-order valence-electron chi connectivity index (χ3n) is 2.04. The van der Waals surface area contributed by atoms with Crippen LogP contribution in [0.5, 0.6) is 0 Å². The maximum atomic E-state index is 13.0. The molecule has 1 heterocycles. The van der Waals surface area contributed by atoms with Crippen LogP contribution in [0.4, 0.5) is 10.1 Å². The molecule has 15 heavy (non-hydrogen) atoms. The van der Waals surface area contributed by atoms with Crippen molar-refractivity contribution in [3.63, 3.8) is 0 Å². The average molecular weight is 206 g/mol. The zero-order valence-electron chi connectivity index (χ0n) is 7.66. The molecule has 1 aromatic carbocycles. The summed E-state index contributed by atoms with van der Waals surface area (Å²) in [5.74, 6) is 1.07. The summed E-state index contributed by atoms with van der Waals surface area (Å²) in [5.41, 5.74) is 5.87. The Morgan fingerprint density at radius 2 is 2.33 bits per heavy atom. The Hall–Kier alpha value is -2.22. The van der Waals surface area contributed by atoms with Crippen LogP contribution in [0.2, 0.25) is 0 Å². The quantitative estimate of drug-likeness (QED) is 0.558. The lowest BCUT2D eigenvalue weighted by molar-refractivity contribution is 0.519. The average Bonchev–Trinajstić information content (AvgIpc) is 2.46. The highest BCUT2D eigenvalue weighted by Gasteiger charge is 2.11. The van der Waals surface area contributed by atoms with Crippen molar-refractivity contribution < 1.29 is 8.81 Å². The molecule has 0 spiro atoms. The van der Waals surface area contributed by atoms with E-state index in [1.165, 1.54) is 10.6 Å². The number of aromatic nitrogens is 1. The highest BCUT2D eigenvalue weighted by atomic mass is 19.1. The van der Waals surface area contributed by atoms with Crippen LogP contribution in [-0.2, 0) is 6.54 Å². The number of fused-ring (bicyclic) bond motifs is 1. The number of halogens is 1. The molecule has 76 valence electrons. The van der Waals surface area contributed by atoms with Gasteiger partial charge in [0.1, 0.15) is 5.82 Å². The van der Waals surface area contributed by atoms with Crippen LogP contribution in [-0.4, -0.2) is 4.57 Å². The van der Waals surface area contributed by atoms with Crippen LogP contribution in [0.3, 0.4) is 0 Å². The zero-order valence-corrected chi connectivity index (χ0v) is 7.66. The molecule has 0 aliphatic rings. The fourth-order valence-corrected chi connectivity index (χ4v) is 1.34. The lowest BCUT2D eigenvalue weighted by Crippen LogP contribution is -2.13. The number of oxazole rings is 1. The molecule has 0 unspecified atom stereocenters. The van der Waals surface area contributed by atoms with Crippen LogP contribution >= 0.6 is 0 Å². The molecule has 2 N–H and O–H groups in total. The highest BCUT2D eigenvalue weighted by molar-refractivity contribution is 5.77. The number of anilines is 1. The number of nitrogen functional groups attached to an aromatic ring is 1. The lowest BCUT2D eigenvalue weighted by atomic mass is 10.3. The number of hydrogen-bond donors (Lipinski definition) is 1. The molecule has 4 nitrogen and oxygen atoms in total. The first-order valence-corrected chi connectivity index (χ1v) is 4.15. The summed E-state index contributed by atoms with van der Waals surface area (Å²) in [6.07, 6.45) is 5.09. The first-order chi connectivity index (χ1) is 7.13. The third kappa shape index (κ3) is 1.36. The van der Waals surface area contributed by atoms with Gasteiger partial charge >= 0.3 is 5.76 Å². The van der Waals surface area contributed by atoms with Crippen molar-refractivity contribution >= 4 is 16.8 Å². The minimum atomic E-state index is -0.621. The van der Waals surface area contributed by atoms with Crippen molar-refractivity contribution in [1.82, 2.24) is 4.57 Å². The molecule has 0 saturated heterocycles. The third-order valence-corrected chi connectivity index (χ3v) is 2.04. The van der Waals surface area contributed by atoms with Gasteiger partial charge in [0.05, 0.1) is 17.7 Å². The number of nitrogens with zero attached hydrogens (tertiary/aromatic N) is 1. The van der Waals surface area contributed by atoms with E-state index < -0.39 is 11.6 Å². The molecule has 0 aliphatic carbocycles. The predicted molar refractivity (Wildman–Crippen MR) is 53.7 cm³/mol. The molecular formula is C10H7FN2O2. The molecule has 0 bridgehead atoms. The Morgan fingerprint density at radius 1 is 1.60 bits per heavy atom. The second-order valence-corrected chi connectivity index (χ2v) is 3.00. The van der Waals surface area contributed by atoms with Crippen molar-refractivity contribution in [3.8, 4) is 12.3 Å². The number of benzene rings is 1. The Kier molecular flexibility index (Phi) is 1.97. The zero-order chi connectivity index (χ0) is 11.0. The van der Waals surface area contributed by atoms with Gasteiger partial charge in [-0.15, -0.1) is 6.42 Å². The fraction of sp³-hybridized carbons (Fsp3) is 0.100. The van der Waals surface area contributed by atoms with Crippen LogP contribution in [0.1, 0.15) is 0 Å². The molecule has 2 rings (SSSR count). The van der Waals surface area contributed by atoms with E-state index in [9.17, 15) is 9.18 Å². The van der Waals surface area contributed by atoms with E-state index in [4.69, 9.17) is 16.6 Å². The minimum Gasteiger partial charge on any atom is -0.408 e. The Bertz CT molecular complexity index is 619. The molecule has 0 fully saturated rings. The van der Waals surface area contributed by atoms with Gasteiger partial charge < -0.3 is 10.2 Å². The number of rotatable bonds is 1. The van der Waals surface area contributed by atoms with Gasteiger partial charge in [-0.2, -0.15) is 0 Å². The molecule has 5 heteroatoms. The molecule has 0 saturated carbocycles. The van der Waals surface area contributed by atoms with Crippen LogP contribution in [0, 0.1) is 18.2 Å². The predicted octanol–water partition coefficient (Wildman–Crippen LogP) is 0.949. The first kappa shape index (κ1) is 9.34. The van der Waals surface area contributed by atoms with Crippen LogP contribution in [0.25, 0.3) is 11.1 Å². The SMILES string of the molecule is C#CCn1c(=O)oc2cc(F)c(N)cc21. The van der Waals surface area contributed by atoms with Crippen molar-refractivity contribution in [1.29, 1.82) is 0 Å². The molecule has 0 aliphatic heterocycles. The maximum absolute atomic E-state index is 13.0. The van der Waals surface area contributed by atoms with Crippen molar-refractivity contribution in [3.05, 3.63) is 28.5 Å². The van der Waals surface area contributed by atoms with Crippen molar-refractivity contribution in [2.45, 2.75) is 6.54 Å². The summed E-state index contributed by atoms with van der Waals surface area (Å²) in [5, 5.41) is 0. The summed E-state index contributed by atoms with van der Waals surface area (Å²) in [7, 11) is 0. The lowest BCUT2D eigenvalue weighted by Gasteiger charge is -1.97. The van der Waals surface area contributed by atoms with Gasteiger partial charge in [-0.05, 0) is 6.07 Å². The molecule has 2 aromatic rings. The van der Waals surface area contributed by atoms with Gasteiger partial charge in [-0.25, -0.2) is 9.18 Å². The molecule has 0 amide bonds. The Balaban J connectivity index is 2.83. The summed E-state index contributed by atoms with van der Waals surface area (Å²) < 4.78 is 19.1. The number of nitrogens with two attached hydrogens (primary N) is 1. The second kappa shape index (κ2) is 3.17. The van der Waals surface area contributed by atoms with E-state index >= 15 is 0 Å². The standard InChI is InChI=1S/C10H7FN2O2/c1-2-3-13-8-5-7(12)6(11)4-9(8)15-10(13)14/h1,4-5H,3,12H2. The normalized spacial score (nSPS) is 10.4. The van der Waals surface area contributed by atoms with Gasteiger partial charge in [0.15, 0.2) is 5.58 Å². The minimum absolute atomic E-state index is 0.0472. The van der Waals surface area contributed by atoms with Gasteiger partial charge in [0, 0.05) is 6.07 Å². The number of terminal acetylenes is 1. The maximum Gasteiger partial charge on any atom is 0.420 e. The molecule has 1 aromatic heterocycles. The smallest absolute Gasteiger partial charge is 0.408 e. The summed E-state index contributed by atoms with van der Waals surface area (Å²) in [4.78, 5) is 11.3. The van der Waals surface area contributed by atoms with E-state index in [-0.39, 0.29) is 17.8 Å². The van der Waals surface area contributed by atoms with Gasteiger partial charge in [0.25, 0.3) is 0 Å². The summed E-state index contributed by atoms with van der Waals surface area (Å²) >= 11 is 0. The van der Waals surface area contributed by atoms with Gasteiger partial charge in [-0.3, -0.25) is 4.57 Å². The second-order valence-electron chi connectivity index (χ2n) is 3.00. The van der Waals surface area contributed by atoms with Crippen LogP contribution in [0.15, 0.2) is 21.3 Å². The molecule has 0 radical (unpaired) electrons. The Labute approximate surface area is 84.1 Å². The fourth-order valence-electron chi connectivity index (χ4n) is 1.34. The van der Waals surface area contributed by atoms with Gasteiger partial charge in [-0.1, -0.05) is 5.92 Å². The highest BCUT2D eigenvalue weighted by Crippen LogP contribution is 2.19. The number of hydrogen-bond acceptors (Lipinski definition) is 3. The first-order valence-electron chi connectivity index (χ1n) is 4.15. The largest absolute Gasteiger partial charge is 0.420 e. The molecular weight excluding hydrogens is 199 g/mol. The van der Waals surface area contributed by atoms with E-state index in [0.717, 1.165) is 6.07 Å². The van der Waals surface area contributed by atoms with E-state index in [1.807, 2.05) is 0 Å².